The average Bonchev–Trinajstić information content (AvgIpc) is 2.57. The van der Waals surface area contributed by atoms with Crippen LogP contribution in [0.4, 0.5) is 0 Å². The van der Waals surface area contributed by atoms with Crippen LogP contribution in [0.3, 0.4) is 0 Å². The van der Waals surface area contributed by atoms with E-state index in [1.165, 1.54) is 0 Å². The van der Waals surface area contributed by atoms with Crippen molar-refractivity contribution in [3.63, 3.8) is 0 Å². The molecule has 1 aromatic carbocycles. The van der Waals surface area contributed by atoms with Crippen molar-refractivity contribution >= 4 is 16.9 Å². The second kappa shape index (κ2) is 8.04. The lowest BCUT2D eigenvalue weighted by molar-refractivity contribution is 0.0468. The van der Waals surface area contributed by atoms with Gasteiger partial charge in [-0.25, -0.2) is 4.79 Å². The standard InChI is InChI=1S/C18H24N2O3/c1-4-20(5-2)10-11-23-18(22)15-12-17(13(3)21)19-16-9-7-6-8-14(15)16/h6-9,12-13,21H,4-5,10-11H2,1-3H3/t13-/m1/s1. The summed E-state index contributed by atoms with van der Waals surface area (Å²) in [6, 6.07) is 9.01. The molecule has 0 radical (unpaired) electrons. The molecule has 23 heavy (non-hydrogen) atoms. The van der Waals surface area contributed by atoms with E-state index in [0.717, 1.165) is 18.5 Å². The summed E-state index contributed by atoms with van der Waals surface area (Å²) in [5.74, 6) is -0.377. The Labute approximate surface area is 136 Å². The summed E-state index contributed by atoms with van der Waals surface area (Å²) in [5, 5.41) is 10.5. The molecular weight excluding hydrogens is 292 g/mol. The van der Waals surface area contributed by atoms with Crippen LogP contribution in [0.25, 0.3) is 10.9 Å². The molecule has 2 rings (SSSR count). The minimum atomic E-state index is -0.734. The Bertz CT molecular complexity index is 666. The second-order valence-corrected chi connectivity index (χ2v) is 5.45. The summed E-state index contributed by atoms with van der Waals surface area (Å²) in [6.07, 6.45) is -0.734. The zero-order valence-electron chi connectivity index (χ0n) is 14.0. The number of ether oxygens (including phenoxy) is 1. The van der Waals surface area contributed by atoms with Crippen LogP contribution in [0.1, 0.15) is 42.9 Å². The first-order chi connectivity index (χ1) is 11.1. The minimum absolute atomic E-state index is 0.348. The van der Waals surface area contributed by atoms with Gasteiger partial charge in [0, 0.05) is 11.9 Å². The van der Waals surface area contributed by atoms with Crippen molar-refractivity contribution in [3.8, 4) is 0 Å². The zero-order valence-corrected chi connectivity index (χ0v) is 14.0. The van der Waals surface area contributed by atoms with Gasteiger partial charge in [-0.1, -0.05) is 32.0 Å². The van der Waals surface area contributed by atoms with E-state index in [2.05, 4.69) is 23.7 Å². The number of nitrogens with zero attached hydrogens (tertiary/aromatic N) is 2. The van der Waals surface area contributed by atoms with E-state index in [1.54, 1.807) is 13.0 Å². The first-order valence-corrected chi connectivity index (χ1v) is 8.04. The van der Waals surface area contributed by atoms with Crippen LogP contribution in [0.2, 0.25) is 0 Å². The number of rotatable bonds is 7. The highest BCUT2D eigenvalue weighted by Crippen LogP contribution is 2.22. The number of carbonyl (C=O) groups is 1. The number of esters is 1. The van der Waals surface area contributed by atoms with Crippen molar-refractivity contribution in [2.45, 2.75) is 26.9 Å². The van der Waals surface area contributed by atoms with E-state index in [-0.39, 0.29) is 5.97 Å². The van der Waals surface area contributed by atoms with Gasteiger partial charge < -0.3 is 14.7 Å². The Morgan fingerprint density at radius 2 is 2.00 bits per heavy atom. The Hall–Kier alpha value is -1.98. The van der Waals surface area contributed by atoms with Gasteiger partial charge in [0.05, 0.1) is 22.9 Å². The molecule has 0 aliphatic rings. The number of aliphatic hydroxyl groups is 1. The molecule has 2 aromatic rings. The summed E-state index contributed by atoms with van der Waals surface area (Å²) >= 11 is 0. The molecule has 0 fully saturated rings. The third-order valence-corrected chi connectivity index (χ3v) is 3.92. The van der Waals surface area contributed by atoms with Crippen LogP contribution >= 0.6 is 0 Å². The van der Waals surface area contributed by atoms with Crippen molar-refractivity contribution in [1.82, 2.24) is 9.88 Å². The normalized spacial score (nSPS) is 12.6. The van der Waals surface area contributed by atoms with E-state index in [4.69, 9.17) is 4.74 Å². The van der Waals surface area contributed by atoms with Gasteiger partial charge in [0.2, 0.25) is 0 Å². The highest BCUT2D eigenvalue weighted by molar-refractivity contribution is 6.03. The van der Waals surface area contributed by atoms with Crippen LogP contribution in [0.5, 0.6) is 0 Å². The molecule has 0 aliphatic carbocycles. The molecule has 0 aliphatic heterocycles. The molecule has 0 saturated carbocycles. The fourth-order valence-electron chi connectivity index (χ4n) is 2.46. The van der Waals surface area contributed by atoms with Gasteiger partial charge in [-0.3, -0.25) is 4.98 Å². The van der Waals surface area contributed by atoms with Gasteiger partial charge in [-0.05, 0) is 32.1 Å². The molecule has 1 heterocycles. The zero-order chi connectivity index (χ0) is 16.8. The Morgan fingerprint density at radius 3 is 2.65 bits per heavy atom. The quantitative estimate of drug-likeness (QED) is 0.796. The highest BCUT2D eigenvalue weighted by Gasteiger charge is 2.16. The molecule has 1 aromatic heterocycles. The first-order valence-electron chi connectivity index (χ1n) is 8.04. The number of aliphatic hydroxyl groups excluding tert-OH is 1. The molecule has 1 atom stereocenters. The van der Waals surface area contributed by atoms with E-state index < -0.39 is 6.10 Å². The lowest BCUT2D eigenvalue weighted by atomic mass is 10.1. The minimum Gasteiger partial charge on any atom is -0.461 e. The number of hydrogen-bond donors (Lipinski definition) is 1. The SMILES string of the molecule is CCN(CC)CCOC(=O)c1cc([C@@H](C)O)nc2ccccc12. The highest BCUT2D eigenvalue weighted by atomic mass is 16.5. The molecule has 124 valence electrons. The van der Waals surface area contributed by atoms with E-state index in [9.17, 15) is 9.90 Å². The largest absolute Gasteiger partial charge is 0.461 e. The number of para-hydroxylation sites is 1. The van der Waals surface area contributed by atoms with Crippen LogP contribution in [0.15, 0.2) is 30.3 Å². The lowest BCUT2D eigenvalue weighted by Crippen LogP contribution is -2.28. The predicted molar refractivity (Wildman–Crippen MR) is 90.4 cm³/mol. The van der Waals surface area contributed by atoms with E-state index in [1.807, 2.05) is 24.3 Å². The van der Waals surface area contributed by atoms with Crippen LogP contribution in [0, 0.1) is 0 Å². The van der Waals surface area contributed by atoms with Crippen molar-refractivity contribution in [2.75, 3.05) is 26.2 Å². The summed E-state index contributed by atoms with van der Waals surface area (Å²) in [4.78, 5) is 19.0. The maximum Gasteiger partial charge on any atom is 0.338 e. The Balaban J connectivity index is 2.22. The predicted octanol–water partition coefficient (Wildman–Crippen LogP) is 2.79. The topological polar surface area (TPSA) is 62.7 Å². The van der Waals surface area contributed by atoms with Crippen molar-refractivity contribution in [3.05, 3.63) is 41.6 Å². The number of fused-ring (bicyclic) bond motifs is 1. The van der Waals surface area contributed by atoms with Crippen molar-refractivity contribution in [2.24, 2.45) is 0 Å². The summed E-state index contributed by atoms with van der Waals surface area (Å²) < 4.78 is 5.42. The molecule has 0 unspecified atom stereocenters. The molecule has 0 amide bonds. The summed E-state index contributed by atoms with van der Waals surface area (Å²) in [5.41, 5.74) is 1.60. The van der Waals surface area contributed by atoms with Gasteiger partial charge >= 0.3 is 5.97 Å². The van der Waals surface area contributed by atoms with Gasteiger partial charge in [0.1, 0.15) is 6.61 Å². The number of hydrogen-bond acceptors (Lipinski definition) is 5. The third kappa shape index (κ3) is 4.27. The fraction of sp³-hybridized carbons (Fsp3) is 0.444. The van der Waals surface area contributed by atoms with Gasteiger partial charge in [0.25, 0.3) is 0 Å². The number of benzene rings is 1. The summed E-state index contributed by atoms with van der Waals surface area (Å²) in [7, 11) is 0. The van der Waals surface area contributed by atoms with Crippen LogP contribution < -0.4 is 0 Å². The fourth-order valence-corrected chi connectivity index (χ4v) is 2.46. The first kappa shape index (κ1) is 17.4. The maximum atomic E-state index is 12.4. The molecule has 5 heteroatoms. The number of likely N-dealkylation sites (N-methyl/N-ethyl adjacent to an activating group) is 1. The molecular formula is C18H24N2O3. The monoisotopic (exact) mass is 316 g/mol. The molecule has 0 bridgehead atoms. The van der Waals surface area contributed by atoms with Gasteiger partial charge in [-0.2, -0.15) is 0 Å². The van der Waals surface area contributed by atoms with E-state index in [0.29, 0.717) is 29.9 Å². The van der Waals surface area contributed by atoms with Crippen LogP contribution in [-0.2, 0) is 4.74 Å². The Morgan fingerprint density at radius 1 is 1.30 bits per heavy atom. The maximum absolute atomic E-state index is 12.4. The molecule has 1 N–H and O–H groups in total. The lowest BCUT2D eigenvalue weighted by Gasteiger charge is -2.18. The summed E-state index contributed by atoms with van der Waals surface area (Å²) in [6.45, 7) is 8.71. The molecule has 5 nitrogen and oxygen atoms in total. The second-order valence-electron chi connectivity index (χ2n) is 5.45. The smallest absolute Gasteiger partial charge is 0.338 e. The number of pyridine rings is 1. The van der Waals surface area contributed by atoms with Crippen LogP contribution in [-0.4, -0.2) is 47.2 Å². The third-order valence-electron chi connectivity index (χ3n) is 3.92. The number of carbonyl (C=O) groups excluding carboxylic acids is 1. The van der Waals surface area contributed by atoms with Gasteiger partial charge in [0.15, 0.2) is 0 Å². The van der Waals surface area contributed by atoms with Crippen molar-refractivity contribution < 1.29 is 14.6 Å². The molecule has 0 spiro atoms. The average molecular weight is 316 g/mol. The molecule has 0 saturated heterocycles. The Kier molecular flexibility index (Phi) is 6.07. The van der Waals surface area contributed by atoms with Gasteiger partial charge in [-0.15, -0.1) is 0 Å². The van der Waals surface area contributed by atoms with E-state index >= 15 is 0 Å². The number of aromatic nitrogens is 1. The van der Waals surface area contributed by atoms with Crippen molar-refractivity contribution in [1.29, 1.82) is 0 Å².